The van der Waals surface area contributed by atoms with Crippen LogP contribution in [0.25, 0.3) is 0 Å². The zero-order chi connectivity index (χ0) is 11.7. The van der Waals surface area contributed by atoms with Crippen LogP contribution >= 0.6 is 0 Å². The molecule has 16 heavy (non-hydrogen) atoms. The van der Waals surface area contributed by atoms with Crippen molar-refractivity contribution in [1.82, 2.24) is 0 Å². The van der Waals surface area contributed by atoms with E-state index in [1.807, 2.05) is 0 Å². The summed E-state index contributed by atoms with van der Waals surface area (Å²) in [5.74, 6) is -0.257. The summed E-state index contributed by atoms with van der Waals surface area (Å²) in [6.07, 6.45) is 3.74. The van der Waals surface area contributed by atoms with Crippen molar-refractivity contribution in [2.45, 2.75) is 25.7 Å². The molecule has 3 N–H and O–H groups in total. The number of anilines is 1. The highest BCUT2D eigenvalue weighted by Crippen LogP contribution is 2.36. The smallest absolute Gasteiger partial charge is 0.336 e. The minimum absolute atomic E-state index is 0.327. The first-order valence-corrected chi connectivity index (χ1v) is 5.36. The van der Waals surface area contributed by atoms with E-state index in [0.717, 1.165) is 36.8 Å². The second-order valence-electron chi connectivity index (χ2n) is 4.02. The van der Waals surface area contributed by atoms with Crippen LogP contribution in [0.1, 0.15) is 34.3 Å². The van der Waals surface area contributed by atoms with Gasteiger partial charge in [0.1, 0.15) is 5.75 Å². The lowest BCUT2D eigenvalue weighted by Crippen LogP contribution is -2.13. The van der Waals surface area contributed by atoms with Gasteiger partial charge in [-0.3, -0.25) is 0 Å². The zero-order valence-corrected chi connectivity index (χ0v) is 9.25. The maximum absolute atomic E-state index is 11.1. The highest BCUT2D eigenvalue weighted by Gasteiger charge is 2.22. The molecule has 1 aliphatic rings. The Morgan fingerprint density at radius 2 is 2.00 bits per heavy atom. The number of fused-ring (bicyclic) bond motifs is 1. The molecule has 0 aliphatic heterocycles. The average molecular weight is 221 g/mol. The molecule has 4 heteroatoms. The molecule has 0 fully saturated rings. The minimum Gasteiger partial charge on any atom is -0.494 e. The van der Waals surface area contributed by atoms with Crippen molar-refractivity contribution in [2.75, 3.05) is 12.8 Å². The van der Waals surface area contributed by atoms with Gasteiger partial charge in [0.2, 0.25) is 0 Å². The first-order valence-electron chi connectivity index (χ1n) is 5.36. The highest BCUT2D eigenvalue weighted by atomic mass is 16.5. The number of benzene rings is 1. The van der Waals surface area contributed by atoms with Crippen LogP contribution in [0.2, 0.25) is 0 Å². The van der Waals surface area contributed by atoms with E-state index in [4.69, 9.17) is 15.6 Å². The van der Waals surface area contributed by atoms with Gasteiger partial charge in [-0.15, -0.1) is 0 Å². The molecule has 0 atom stereocenters. The molecule has 1 aliphatic carbocycles. The molecule has 0 aromatic heterocycles. The van der Waals surface area contributed by atoms with Gasteiger partial charge in [0.25, 0.3) is 0 Å². The van der Waals surface area contributed by atoms with Gasteiger partial charge in [-0.05, 0) is 37.3 Å². The summed E-state index contributed by atoms with van der Waals surface area (Å²) in [5, 5.41) is 9.13. The molecule has 1 aromatic carbocycles. The van der Waals surface area contributed by atoms with Gasteiger partial charge in [0, 0.05) is 5.56 Å². The van der Waals surface area contributed by atoms with Crippen LogP contribution in [0.4, 0.5) is 5.69 Å². The molecule has 0 heterocycles. The number of hydrogen-bond acceptors (Lipinski definition) is 3. The summed E-state index contributed by atoms with van der Waals surface area (Å²) in [6.45, 7) is 0. The largest absolute Gasteiger partial charge is 0.494 e. The lowest BCUT2D eigenvalue weighted by molar-refractivity contribution is 0.0695. The molecule has 2 rings (SSSR count). The predicted octanol–water partition coefficient (Wildman–Crippen LogP) is 1.85. The summed E-state index contributed by atoms with van der Waals surface area (Å²) in [5.41, 5.74) is 8.42. The van der Waals surface area contributed by atoms with Crippen molar-refractivity contribution in [3.63, 3.8) is 0 Å². The van der Waals surface area contributed by atoms with Crippen molar-refractivity contribution in [2.24, 2.45) is 0 Å². The van der Waals surface area contributed by atoms with E-state index >= 15 is 0 Å². The number of nitrogen functional groups attached to an aromatic ring is 1. The number of rotatable bonds is 2. The number of carboxylic acids is 1. The van der Waals surface area contributed by atoms with Crippen LogP contribution in [0.5, 0.6) is 5.75 Å². The molecule has 1 aromatic rings. The van der Waals surface area contributed by atoms with Crippen molar-refractivity contribution in [1.29, 1.82) is 0 Å². The van der Waals surface area contributed by atoms with Gasteiger partial charge in [-0.1, -0.05) is 0 Å². The Morgan fingerprint density at radius 1 is 1.38 bits per heavy atom. The molecule has 0 radical (unpaired) electrons. The molecule has 0 bridgehead atoms. The van der Waals surface area contributed by atoms with Crippen molar-refractivity contribution in [3.8, 4) is 5.75 Å². The Kier molecular flexibility index (Phi) is 2.73. The molecule has 0 spiro atoms. The number of nitrogens with two attached hydrogens (primary N) is 1. The lowest BCUT2D eigenvalue weighted by Gasteiger charge is -2.21. The summed E-state index contributed by atoms with van der Waals surface area (Å²) in [4.78, 5) is 11.1. The molecule has 0 saturated heterocycles. The Morgan fingerprint density at radius 3 is 2.56 bits per heavy atom. The summed E-state index contributed by atoms with van der Waals surface area (Å²) in [6, 6.07) is 1.51. The summed E-state index contributed by atoms with van der Waals surface area (Å²) in [7, 11) is 1.57. The SMILES string of the molecule is COc1c(N)cc(C(=O)O)c2c1CCCC2. The highest BCUT2D eigenvalue weighted by molar-refractivity contribution is 5.92. The molecule has 0 saturated carbocycles. The summed E-state index contributed by atoms with van der Waals surface area (Å²) < 4.78 is 5.26. The van der Waals surface area contributed by atoms with Crippen LogP contribution in [-0.2, 0) is 12.8 Å². The van der Waals surface area contributed by atoms with Crippen LogP contribution < -0.4 is 10.5 Å². The minimum atomic E-state index is -0.910. The first kappa shape index (κ1) is 10.8. The van der Waals surface area contributed by atoms with Crippen molar-refractivity contribution >= 4 is 11.7 Å². The van der Waals surface area contributed by atoms with Gasteiger partial charge in [-0.2, -0.15) is 0 Å². The number of ether oxygens (including phenoxy) is 1. The van der Waals surface area contributed by atoms with Crippen LogP contribution in [0.15, 0.2) is 6.07 Å². The quantitative estimate of drug-likeness (QED) is 0.747. The van der Waals surface area contributed by atoms with E-state index in [1.54, 1.807) is 7.11 Å². The number of hydrogen-bond donors (Lipinski definition) is 2. The topological polar surface area (TPSA) is 72.5 Å². The monoisotopic (exact) mass is 221 g/mol. The number of carbonyl (C=O) groups is 1. The third kappa shape index (κ3) is 1.60. The lowest BCUT2D eigenvalue weighted by atomic mass is 9.87. The second kappa shape index (κ2) is 4.04. The van der Waals surface area contributed by atoms with Gasteiger partial charge < -0.3 is 15.6 Å². The third-order valence-electron chi connectivity index (χ3n) is 3.06. The van der Waals surface area contributed by atoms with E-state index < -0.39 is 5.97 Å². The van der Waals surface area contributed by atoms with Gasteiger partial charge in [0.05, 0.1) is 18.4 Å². The maximum atomic E-state index is 11.1. The number of carboxylic acid groups (broad SMARTS) is 1. The molecular formula is C12H15NO3. The van der Waals surface area contributed by atoms with E-state index in [0.29, 0.717) is 17.0 Å². The van der Waals surface area contributed by atoms with Crippen LogP contribution in [0, 0.1) is 0 Å². The fourth-order valence-corrected chi connectivity index (χ4v) is 2.37. The molecule has 86 valence electrons. The summed E-state index contributed by atoms with van der Waals surface area (Å²) >= 11 is 0. The van der Waals surface area contributed by atoms with Crippen molar-refractivity contribution in [3.05, 3.63) is 22.8 Å². The Bertz CT molecular complexity index is 440. The standard InChI is InChI=1S/C12H15NO3/c1-16-11-8-5-3-2-4-7(8)9(12(14)15)6-10(11)13/h6H,2-5,13H2,1H3,(H,14,15). The van der Waals surface area contributed by atoms with Gasteiger partial charge in [0.15, 0.2) is 0 Å². The van der Waals surface area contributed by atoms with E-state index in [2.05, 4.69) is 0 Å². The average Bonchev–Trinajstić information content (AvgIpc) is 2.28. The Labute approximate surface area is 94.0 Å². The third-order valence-corrected chi connectivity index (χ3v) is 3.06. The second-order valence-corrected chi connectivity index (χ2v) is 4.02. The molecule has 4 nitrogen and oxygen atoms in total. The fraction of sp³-hybridized carbons (Fsp3) is 0.417. The first-order chi connectivity index (χ1) is 7.65. The van der Waals surface area contributed by atoms with E-state index in [-0.39, 0.29) is 0 Å². The number of methoxy groups -OCH3 is 1. The van der Waals surface area contributed by atoms with Gasteiger partial charge >= 0.3 is 5.97 Å². The molecular weight excluding hydrogens is 206 g/mol. The maximum Gasteiger partial charge on any atom is 0.336 e. The van der Waals surface area contributed by atoms with Crippen LogP contribution in [-0.4, -0.2) is 18.2 Å². The molecule has 0 unspecified atom stereocenters. The Balaban J connectivity index is 2.67. The van der Waals surface area contributed by atoms with Crippen molar-refractivity contribution < 1.29 is 14.6 Å². The fourth-order valence-electron chi connectivity index (χ4n) is 2.37. The normalized spacial score (nSPS) is 14.3. The van der Waals surface area contributed by atoms with E-state index in [9.17, 15) is 4.79 Å². The predicted molar refractivity (Wildman–Crippen MR) is 61.0 cm³/mol. The van der Waals surface area contributed by atoms with Crippen LogP contribution in [0.3, 0.4) is 0 Å². The van der Waals surface area contributed by atoms with Gasteiger partial charge in [-0.25, -0.2) is 4.79 Å². The zero-order valence-electron chi connectivity index (χ0n) is 9.25. The Hall–Kier alpha value is -1.71. The molecule has 0 amide bonds. The van der Waals surface area contributed by atoms with E-state index in [1.165, 1.54) is 6.07 Å². The number of aromatic carboxylic acids is 1.